The van der Waals surface area contributed by atoms with Crippen LogP contribution in [0.5, 0.6) is 11.5 Å². The Hall–Kier alpha value is -3.18. The van der Waals surface area contributed by atoms with Gasteiger partial charge in [-0.1, -0.05) is 6.92 Å². The summed E-state index contributed by atoms with van der Waals surface area (Å²) in [6.45, 7) is 3.94. The van der Waals surface area contributed by atoms with Crippen molar-refractivity contribution in [3.8, 4) is 11.5 Å². The minimum atomic E-state index is -1.23. The quantitative estimate of drug-likeness (QED) is 0.276. The van der Waals surface area contributed by atoms with E-state index in [4.69, 9.17) is 0 Å². The lowest BCUT2D eigenvalue weighted by Crippen LogP contribution is -2.63. The molecule has 5 N–H and O–H groups in total. The number of carbonyl (C=O) groups is 3. The Bertz CT molecular complexity index is 994. The van der Waals surface area contributed by atoms with Gasteiger partial charge in [-0.3, -0.25) is 9.59 Å². The molecule has 2 amide bonds. The summed E-state index contributed by atoms with van der Waals surface area (Å²) in [5.74, 6) is -6.20. The zero-order valence-corrected chi connectivity index (χ0v) is 17.9. The average Bonchev–Trinajstić information content (AvgIpc) is 2.94. The lowest BCUT2D eigenvalue weighted by Gasteiger charge is -2.46. The van der Waals surface area contributed by atoms with Crippen LogP contribution in [0.15, 0.2) is 23.4 Å². The number of aliphatic hydroxyl groups is 1. The van der Waals surface area contributed by atoms with Gasteiger partial charge >= 0.3 is 5.97 Å². The number of nitrogens with zero attached hydrogens (tertiary/aromatic N) is 2. The molecule has 1 aromatic carbocycles. The summed E-state index contributed by atoms with van der Waals surface area (Å²) >= 11 is 0. The second-order valence-electron chi connectivity index (χ2n) is 8.22. The van der Waals surface area contributed by atoms with Crippen LogP contribution in [0, 0.1) is 17.7 Å². The Balaban J connectivity index is 1.63. The van der Waals surface area contributed by atoms with Gasteiger partial charge < -0.3 is 35.5 Å². The number of hydrogen-bond acceptors (Lipinski definition) is 7. The zero-order chi connectivity index (χ0) is 23.9. The predicted octanol–water partition coefficient (Wildman–Crippen LogP) is 0.0947. The van der Waals surface area contributed by atoms with E-state index in [1.807, 2.05) is 6.92 Å². The summed E-state index contributed by atoms with van der Waals surface area (Å²) in [5.41, 5.74) is 0.0690. The maximum atomic E-state index is 13.9. The maximum absolute atomic E-state index is 13.9. The van der Waals surface area contributed by atoms with Gasteiger partial charge in [-0.05, 0) is 31.7 Å². The fraction of sp³-hybridized carbons (Fsp3) is 0.476. The molecule has 4 atom stereocenters. The van der Waals surface area contributed by atoms with Gasteiger partial charge in [0.2, 0.25) is 5.91 Å². The third-order valence-corrected chi connectivity index (χ3v) is 6.08. The molecule has 1 aromatic rings. The summed E-state index contributed by atoms with van der Waals surface area (Å²) in [6.07, 6.45) is -0.881. The summed E-state index contributed by atoms with van der Waals surface area (Å²) in [7, 11) is 1.71. The van der Waals surface area contributed by atoms with Gasteiger partial charge in [0.05, 0.1) is 23.6 Å². The van der Waals surface area contributed by atoms with Crippen LogP contribution in [-0.2, 0) is 9.59 Å². The highest BCUT2D eigenvalue weighted by atomic mass is 19.1. The van der Waals surface area contributed by atoms with Gasteiger partial charge in [0.1, 0.15) is 5.70 Å². The van der Waals surface area contributed by atoms with Crippen molar-refractivity contribution in [1.29, 1.82) is 0 Å². The summed E-state index contributed by atoms with van der Waals surface area (Å²) in [4.78, 5) is 39.4. The Morgan fingerprint density at radius 3 is 2.56 bits per heavy atom. The molecule has 1 fully saturated rings. The number of phenols is 2. The number of rotatable bonds is 8. The number of aliphatic hydroxyl groups excluding tert-OH is 1. The topological polar surface area (TPSA) is 151 Å². The molecule has 0 bridgehead atoms. The van der Waals surface area contributed by atoms with Crippen LogP contribution in [-0.4, -0.2) is 86.8 Å². The molecule has 10 nitrogen and oxygen atoms in total. The van der Waals surface area contributed by atoms with Gasteiger partial charge in [0.15, 0.2) is 17.3 Å². The van der Waals surface area contributed by atoms with Gasteiger partial charge in [0, 0.05) is 25.6 Å². The minimum absolute atomic E-state index is 0.0677. The third-order valence-electron chi connectivity index (χ3n) is 6.08. The van der Waals surface area contributed by atoms with E-state index in [0.29, 0.717) is 12.1 Å². The van der Waals surface area contributed by atoms with Gasteiger partial charge in [-0.2, -0.15) is 0 Å². The number of carbonyl (C=O) groups excluding carboxylic acids is 2. The maximum Gasteiger partial charge on any atom is 0.352 e. The minimum Gasteiger partial charge on any atom is -0.504 e. The van der Waals surface area contributed by atoms with Gasteiger partial charge in [-0.15, -0.1) is 0 Å². The first kappa shape index (κ1) is 23.5. The first-order chi connectivity index (χ1) is 15.0. The molecule has 3 rings (SSSR count). The van der Waals surface area contributed by atoms with Crippen molar-refractivity contribution in [2.75, 3.05) is 26.7 Å². The van der Waals surface area contributed by atoms with E-state index < -0.39 is 58.7 Å². The number of nitrogens with one attached hydrogen (secondary N) is 1. The van der Waals surface area contributed by atoms with Crippen LogP contribution in [0.1, 0.15) is 24.2 Å². The van der Waals surface area contributed by atoms with E-state index in [0.717, 1.165) is 12.1 Å². The number of hydrogen-bond donors (Lipinski definition) is 5. The number of carboxylic acid groups (broad SMARTS) is 1. The number of fused-ring (bicyclic) bond motifs is 1. The first-order valence-corrected chi connectivity index (χ1v) is 10.1. The third kappa shape index (κ3) is 3.89. The second-order valence-corrected chi connectivity index (χ2v) is 8.22. The Morgan fingerprint density at radius 1 is 1.31 bits per heavy atom. The predicted molar refractivity (Wildman–Crippen MR) is 109 cm³/mol. The molecule has 2 aliphatic heterocycles. The first-order valence-electron chi connectivity index (χ1n) is 10.1. The molecule has 2 aliphatic rings. The van der Waals surface area contributed by atoms with Crippen LogP contribution in [0.3, 0.4) is 0 Å². The lowest BCUT2D eigenvalue weighted by atomic mass is 9.77. The number of halogens is 1. The van der Waals surface area contributed by atoms with Crippen molar-refractivity contribution in [2.24, 2.45) is 11.8 Å². The number of phenolic OH excluding ortho intramolecular Hbond substituents is 2. The van der Waals surface area contributed by atoms with E-state index in [1.54, 1.807) is 11.9 Å². The highest BCUT2D eigenvalue weighted by molar-refractivity contribution is 6.00. The molecular weight excluding hydrogens is 425 g/mol. The van der Waals surface area contributed by atoms with Crippen LogP contribution in [0.4, 0.5) is 4.39 Å². The Kier molecular flexibility index (Phi) is 6.42. The Morgan fingerprint density at radius 2 is 1.97 bits per heavy atom. The lowest BCUT2D eigenvalue weighted by molar-refractivity contribution is -0.163. The van der Waals surface area contributed by atoms with Crippen molar-refractivity contribution in [3.63, 3.8) is 0 Å². The van der Waals surface area contributed by atoms with Crippen LogP contribution >= 0.6 is 0 Å². The molecule has 0 aromatic heterocycles. The molecule has 0 spiro atoms. The highest BCUT2D eigenvalue weighted by Gasteiger charge is 2.59. The molecule has 2 heterocycles. The van der Waals surface area contributed by atoms with E-state index >= 15 is 0 Å². The molecule has 0 aliphatic carbocycles. The molecule has 0 radical (unpaired) electrons. The standard InChI is InChI=1S/C21H26FN3O7/c1-9-12(17(21(31)32)25-16(9)14(10(2)26)20(25)30)8-24(3)7-6-23-19(29)11-4-5-13(27)18(28)15(11)22/h4-5,9-10,14,16,26-28H,6-8H2,1-3H3,(H,23,29)(H,31,32)/t9-,10+,14+,16+/m0/s1. The number of aliphatic carboxylic acids is 1. The number of β-lactam (4-membered cyclic amide) rings is 1. The monoisotopic (exact) mass is 451 g/mol. The molecule has 0 unspecified atom stereocenters. The summed E-state index contributed by atoms with van der Waals surface area (Å²) in [5, 5.41) is 40.7. The van der Waals surface area contributed by atoms with Crippen molar-refractivity contribution in [2.45, 2.75) is 26.0 Å². The van der Waals surface area contributed by atoms with Crippen LogP contribution < -0.4 is 5.32 Å². The van der Waals surface area contributed by atoms with E-state index in [9.17, 15) is 39.2 Å². The Labute approximate surface area is 183 Å². The molecule has 32 heavy (non-hydrogen) atoms. The van der Waals surface area contributed by atoms with E-state index in [1.165, 1.54) is 11.8 Å². The number of amides is 2. The van der Waals surface area contributed by atoms with E-state index in [2.05, 4.69) is 5.32 Å². The van der Waals surface area contributed by atoms with Crippen LogP contribution in [0.25, 0.3) is 0 Å². The summed E-state index contributed by atoms with van der Waals surface area (Å²) < 4.78 is 13.9. The molecular formula is C21H26FN3O7. The zero-order valence-electron chi connectivity index (χ0n) is 17.9. The normalized spacial score (nSPS) is 23.2. The molecule has 174 valence electrons. The van der Waals surface area contributed by atoms with Gasteiger partial charge in [0.25, 0.3) is 5.91 Å². The van der Waals surface area contributed by atoms with Crippen molar-refractivity contribution < 1.29 is 39.2 Å². The largest absolute Gasteiger partial charge is 0.504 e. The van der Waals surface area contributed by atoms with Crippen molar-refractivity contribution >= 4 is 17.8 Å². The SMILES string of the molecule is C[C@@H](O)[C@H]1C(=O)N2C(C(=O)O)=C(CN(C)CCNC(=O)c3ccc(O)c(O)c3F)[C@H](C)[C@H]12. The van der Waals surface area contributed by atoms with E-state index in [-0.39, 0.29) is 24.7 Å². The number of benzene rings is 1. The average molecular weight is 451 g/mol. The van der Waals surface area contributed by atoms with Crippen LogP contribution in [0.2, 0.25) is 0 Å². The smallest absolute Gasteiger partial charge is 0.352 e. The number of carboxylic acids is 1. The van der Waals surface area contributed by atoms with Crippen molar-refractivity contribution in [1.82, 2.24) is 15.1 Å². The fourth-order valence-corrected chi connectivity index (χ4v) is 4.41. The highest BCUT2D eigenvalue weighted by Crippen LogP contribution is 2.47. The number of likely N-dealkylation sites (N-methyl/N-ethyl adjacent to an activating group) is 1. The number of aromatic hydroxyl groups is 2. The second kappa shape index (κ2) is 8.75. The summed E-state index contributed by atoms with van der Waals surface area (Å²) in [6, 6.07) is 1.65. The molecule has 1 saturated heterocycles. The molecule has 0 saturated carbocycles. The fourth-order valence-electron chi connectivity index (χ4n) is 4.41. The van der Waals surface area contributed by atoms with Crippen molar-refractivity contribution in [3.05, 3.63) is 34.8 Å². The van der Waals surface area contributed by atoms with Gasteiger partial charge in [-0.25, -0.2) is 9.18 Å². The molecule has 11 heteroatoms.